The molecular weight excluding hydrogens is 238 g/mol. The number of rotatable bonds is 4. The predicted octanol–water partition coefficient (Wildman–Crippen LogP) is -0.346. The van der Waals surface area contributed by atoms with Crippen LogP contribution in [0.15, 0.2) is 24.3 Å². The Balaban J connectivity index is 3.43. The van der Waals surface area contributed by atoms with E-state index in [2.05, 4.69) is 0 Å². The fourth-order valence-corrected chi connectivity index (χ4v) is 1.61. The van der Waals surface area contributed by atoms with E-state index in [1.807, 2.05) is 5.32 Å². The Morgan fingerprint density at radius 1 is 1.28 bits per heavy atom. The van der Waals surface area contributed by atoms with Crippen LogP contribution in [0.5, 0.6) is 5.75 Å². The molecule has 95 valence electrons. The van der Waals surface area contributed by atoms with Gasteiger partial charge in [0, 0.05) is 0 Å². The van der Waals surface area contributed by atoms with Crippen LogP contribution in [0.3, 0.4) is 0 Å². The van der Waals surface area contributed by atoms with Gasteiger partial charge in [0.25, 0.3) is 5.91 Å². The zero-order valence-corrected chi connectivity index (χ0v) is 9.56. The van der Waals surface area contributed by atoms with E-state index in [1.165, 1.54) is 24.3 Å². The number of benzene rings is 1. The molecule has 7 nitrogen and oxygen atoms in total. The largest absolute Gasteiger partial charge is 0.508 e. The van der Waals surface area contributed by atoms with E-state index in [0.717, 1.165) is 6.92 Å². The van der Waals surface area contributed by atoms with Crippen molar-refractivity contribution in [1.29, 1.82) is 0 Å². The molecule has 0 spiro atoms. The first-order chi connectivity index (χ1) is 8.30. The van der Waals surface area contributed by atoms with Crippen molar-refractivity contribution in [3.63, 3.8) is 0 Å². The Morgan fingerprint density at radius 3 is 2.11 bits per heavy atom. The van der Waals surface area contributed by atoms with Gasteiger partial charge in [-0.1, -0.05) is 12.1 Å². The Kier molecular flexibility index (Phi) is 3.55. The highest BCUT2D eigenvalue weighted by Gasteiger charge is 2.45. The molecule has 0 aromatic heterocycles. The first kappa shape index (κ1) is 13.5. The van der Waals surface area contributed by atoms with Crippen LogP contribution in [0.4, 0.5) is 4.79 Å². The summed E-state index contributed by atoms with van der Waals surface area (Å²) >= 11 is 0. The van der Waals surface area contributed by atoms with Crippen molar-refractivity contribution in [1.82, 2.24) is 11.1 Å². The smallest absolute Gasteiger partial charge is 0.313 e. The third-order valence-electron chi connectivity index (χ3n) is 2.48. The second-order valence-electron chi connectivity index (χ2n) is 3.67. The van der Waals surface area contributed by atoms with E-state index in [4.69, 9.17) is 16.6 Å². The molecule has 0 aliphatic carbocycles. The highest BCUT2D eigenvalue weighted by atomic mass is 16.3. The van der Waals surface area contributed by atoms with Crippen molar-refractivity contribution < 1.29 is 19.5 Å². The number of carbonyl (C=O) groups is 3. The SMILES string of the molecule is CC(=O)C(NC(N)=O)(C([NH])=O)c1ccc(O)cc1. The quantitative estimate of drug-likeness (QED) is 0.630. The predicted molar refractivity (Wildman–Crippen MR) is 61.3 cm³/mol. The van der Waals surface area contributed by atoms with Crippen molar-refractivity contribution in [2.45, 2.75) is 12.5 Å². The molecular formula is C11H12N3O4. The summed E-state index contributed by atoms with van der Waals surface area (Å²) in [4.78, 5) is 34.0. The van der Waals surface area contributed by atoms with E-state index in [0.29, 0.717) is 0 Å². The minimum atomic E-state index is -2.14. The summed E-state index contributed by atoms with van der Waals surface area (Å²) in [7, 11) is 0. The van der Waals surface area contributed by atoms with E-state index >= 15 is 0 Å². The van der Waals surface area contributed by atoms with Crippen LogP contribution in [0.2, 0.25) is 0 Å². The van der Waals surface area contributed by atoms with Gasteiger partial charge in [-0.05, 0) is 24.6 Å². The average Bonchev–Trinajstić information content (AvgIpc) is 2.26. The number of ketones is 1. The number of phenolic OH excluding ortho intramolecular Hbond substituents is 1. The monoisotopic (exact) mass is 250 g/mol. The molecule has 0 bridgehead atoms. The Labute approximate surface area is 103 Å². The van der Waals surface area contributed by atoms with Crippen LogP contribution >= 0.6 is 0 Å². The van der Waals surface area contributed by atoms with Crippen LogP contribution in [-0.2, 0) is 15.1 Å². The normalized spacial score (nSPS) is 13.4. The molecule has 0 fully saturated rings. The Bertz CT molecular complexity index is 482. The molecule has 1 atom stereocenters. The van der Waals surface area contributed by atoms with Crippen LogP contribution in [0.1, 0.15) is 12.5 Å². The van der Waals surface area contributed by atoms with Crippen LogP contribution in [0.25, 0.3) is 0 Å². The van der Waals surface area contributed by atoms with Gasteiger partial charge in [-0.2, -0.15) is 0 Å². The Morgan fingerprint density at radius 2 is 1.78 bits per heavy atom. The van der Waals surface area contributed by atoms with Gasteiger partial charge in [0.15, 0.2) is 5.78 Å². The second kappa shape index (κ2) is 4.74. The van der Waals surface area contributed by atoms with Gasteiger partial charge in [-0.15, -0.1) is 0 Å². The summed E-state index contributed by atoms with van der Waals surface area (Å²) in [6.45, 7) is 1.06. The molecule has 1 rings (SSSR count). The van der Waals surface area contributed by atoms with Gasteiger partial charge >= 0.3 is 6.03 Å². The molecule has 1 aromatic carbocycles. The highest BCUT2D eigenvalue weighted by molar-refractivity contribution is 6.11. The lowest BCUT2D eigenvalue weighted by molar-refractivity contribution is -0.135. The summed E-state index contributed by atoms with van der Waals surface area (Å²) in [6, 6.07) is 3.90. The van der Waals surface area contributed by atoms with Gasteiger partial charge < -0.3 is 16.2 Å². The molecule has 3 amide bonds. The van der Waals surface area contributed by atoms with Gasteiger partial charge in [-0.25, -0.2) is 4.79 Å². The van der Waals surface area contributed by atoms with E-state index < -0.39 is 23.3 Å². The molecule has 0 aliphatic rings. The number of carbonyl (C=O) groups excluding carboxylic acids is 3. The summed E-state index contributed by atoms with van der Waals surface area (Å²) in [5.74, 6) is -2.13. The molecule has 0 aliphatic heterocycles. The average molecular weight is 250 g/mol. The molecule has 0 heterocycles. The lowest BCUT2D eigenvalue weighted by atomic mass is 9.85. The van der Waals surface area contributed by atoms with Crippen molar-refractivity contribution in [2.75, 3.05) is 0 Å². The number of aromatic hydroxyl groups is 1. The molecule has 7 heteroatoms. The minimum absolute atomic E-state index is 0.0617. The standard InChI is InChI=1S/C11H12N3O4/c1-6(15)11(9(12)17,14-10(13)18)7-2-4-8(16)5-3-7/h2-5,12,16H,1H3,(H3,13,14,18). The van der Waals surface area contributed by atoms with Gasteiger partial charge in [0.2, 0.25) is 5.54 Å². The summed E-state index contributed by atoms with van der Waals surface area (Å²) in [5.41, 5.74) is 10.1. The van der Waals surface area contributed by atoms with E-state index in [9.17, 15) is 14.4 Å². The van der Waals surface area contributed by atoms with Gasteiger partial charge in [0.1, 0.15) is 5.75 Å². The number of nitrogens with one attached hydrogen (secondary N) is 2. The number of primary amides is 1. The van der Waals surface area contributed by atoms with Crippen LogP contribution in [0, 0.1) is 0 Å². The molecule has 1 aromatic rings. The third-order valence-corrected chi connectivity index (χ3v) is 2.48. The number of Topliss-reactive ketones (excluding diaryl/α,β-unsaturated/α-hetero) is 1. The number of urea groups is 1. The fraction of sp³-hybridized carbons (Fsp3) is 0.182. The second-order valence-corrected chi connectivity index (χ2v) is 3.67. The van der Waals surface area contributed by atoms with Crippen LogP contribution < -0.4 is 16.8 Å². The van der Waals surface area contributed by atoms with Crippen LogP contribution in [-0.4, -0.2) is 22.8 Å². The number of hydrogen-bond donors (Lipinski definition) is 3. The van der Waals surface area contributed by atoms with E-state index in [1.54, 1.807) is 0 Å². The third kappa shape index (κ3) is 2.24. The van der Waals surface area contributed by atoms with Crippen molar-refractivity contribution in [3.8, 4) is 5.75 Å². The zero-order chi connectivity index (χ0) is 13.9. The molecule has 0 saturated heterocycles. The minimum Gasteiger partial charge on any atom is -0.508 e. The molecule has 1 unspecified atom stereocenters. The lowest BCUT2D eigenvalue weighted by Crippen LogP contribution is -2.58. The van der Waals surface area contributed by atoms with Crippen molar-refractivity contribution >= 4 is 17.7 Å². The number of phenols is 1. The number of amides is 3. The molecule has 18 heavy (non-hydrogen) atoms. The van der Waals surface area contributed by atoms with Crippen molar-refractivity contribution in [3.05, 3.63) is 29.8 Å². The Hall–Kier alpha value is -2.57. The fourth-order valence-electron chi connectivity index (χ4n) is 1.61. The molecule has 0 saturated carbocycles. The molecule has 5 N–H and O–H groups in total. The van der Waals surface area contributed by atoms with E-state index in [-0.39, 0.29) is 11.3 Å². The maximum Gasteiger partial charge on any atom is 0.313 e. The molecule has 1 radical (unpaired) electrons. The first-order valence-electron chi connectivity index (χ1n) is 4.95. The summed E-state index contributed by atoms with van der Waals surface area (Å²) < 4.78 is 0. The number of nitrogens with two attached hydrogens (primary N) is 1. The highest BCUT2D eigenvalue weighted by Crippen LogP contribution is 2.24. The first-order valence-corrected chi connectivity index (χ1v) is 4.95. The maximum atomic E-state index is 11.7. The number of hydrogen-bond acceptors (Lipinski definition) is 4. The summed E-state index contributed by atoms with van der Waals surface area (Å²) in [6.07, 6.45) is 0. The lowest BCUT2D eigenvalue weighted by Gasteiger charge is -2.28. The zero-order valence-electron chi connectivity index (χ0n) is 9.56. The van der Waals surface area contributed by atoms with Gasteiger partial charge in [-0.3, -0.25) is 15.3 Å². The maximum absolute atomic E-state index is 11.7. The topological polar surface area (TPSA) is 133 Å². The van der Waals surface area contributed by atoms with Crippen molar-refractivity contribution in [2.24, 2.45) is 5.73 Å². The van der Waals surface area contributed by atoms with Gasteiger partial charge in [0.05, 0.1) is 0 Å². The summed E-state index contributed by atoms with van der Waals surface area (Å²) in [5, 5.41) is 11.2.